The number of pyridine rings is 1. The number of fused-ring (bicyclic) bond motifs is 1. The number of aromatic nitrogens is 1. The van der Waals surface area contributed by atoms with Crippen LogP contribution in [0.2, 0.25) is 0 Å². The van der Waals surface area contributed by atoms with Crippen LogP contribution in [0.15, 0.2) is 65.6 Å². The quantitative estimate of drug-likeness (QED) is 0.692. The van der Waals surface area contributed by atoms with Crippen molar-refractivity contribution in [1.82, 2.24) is 9.71 Å². The molecule has 0 fully saturated rings. The zero-order chi connectivity index (χ0) is 18.6. The Balaban J connectivity index is 1.63. The molecule has 8 heteroatoms. The fourth-order valence-electron chi connectivity index (χ4n) is 2.32. The number of hydrogen-bond acceptors (Lipinski definition) is 5. The molecule has 3 aromatic rings. The monoisotopic (exact) mass is 371 g/mol. The Hall–Kier alpha value is -2.97. The number of carbonyl (C=O) groups excluding carboxylic acids is 1. The number of nitrogens with zero attached hydrogens (tertiary/aromatic N) is 1. The van der Waals surface area contributed by atoms with Gasteiger partial charge in [-0.15, -0.1) is 0 Å². The summed E-state index contributed by atoms with van der Waals surface area (Å²) in [6.45, 7) is -0.400. The highest BCUT2D eigenvalue weighted by Gasteiger charge is 2.15. The van der Waals surface area contributed by atoms with Crippen molar-refractivity contribution in [3.8, 4) is 5.75 Å². The second kappa shape index (κ2) is 7.51. The zero-order valence-electron chi connectivity index (χ0n) is 14.0. The van der Waals surface area contributed by atoms with Crippen molar-refractivity contribution in [2.75, 3.05) is 19.0 Å². The third-order valence-electron chi connectivity index (χ3n) is 3.66. The number of benzene rings is 2. The van der Waals surface area contributed by atoms with Crippen LogP contribution >= 0.6 is 0 Å². The predicted molar refractivity (Wildman–Crippen MR) is 98.6 cm³/mol. The Morgan fingerprint density at radius 3 is 2.50 bits per heavy atom. The minimum Gasteiger partial charge on any atom is -0.497 e. The second-order valence-corrected chi connectivity index (χ2v) is 7.20. The maximum Gasteiger partial charge on any atom is 0.241 e. The zero-order valence-corrected chi connectivity index (χ0v) is 14.8. The highest BCUT2D eigenvalue weighted by atomic mass is 32.2. The number of para-hydroxylation sites is 1. The van der Waals surface area contributed by atoms with Crippen LogP contribution in [-0.2, 0) is 14.8 Å². The highest BCUT2D eigenvalue weighted by Crippen LogP contribution is 2.16. The molecule has 0 atom stereocenters. The summed E-state index contributed by atoms with van der Waals surface area (Å²) in [5.74, 6) is 0.395. The van der Waals surface area contributed by atoms with E-state index in [2.05, 4.69) is 15.0 Å². The number of anilines is 1. The molecule has 7 nitrogen and oxygen atoms in total. The van der Waals surface area contributed by atoms with Crippen LogP contribution in [0, 0.1) is 0 Å². The molecular formula is C18H17N3O4S. The van der Waals surface area contributed by atoms with E-state index in [1.54, 1.807) is 6.07 Å². The van der Waals surface area contributed by atoms with Crippen molar-refractivity contribution in [1.29, 1.82) is 0 Å². The van der Waals surface area contributed by atoms with Gasteiger partial charge in [0, 0.05) is 5.39 Å². The van der Waals surface area contributed by atoms with E-state index in [0.717, 1.165) is 10.9 Å². The molecule has 0 aliphatic carbocycles. The van der Waals surface area contributed by atoms with E-state index in [9.17, 15) is 13.2 Å². The summed E-state index contributed by atoms with van der Waals surface area (Å²) in [4.78, 5) is 16.4. The Morgan fingerprint density at radius 2 is 1.77 bits per heavy atom. The lowest BCUT2D eigenvalue weighted by Crippen LogP contribution is -2.33. The van der Waals surface area contributed by atoms with E-state index >= 15 is 0 Å². The van der Waals surface area contributed by atoms with Crippen molar-refractivity contribution in [2.24, 2.45) is 0 Å². The van der Waals surface area contributed by atoms with Crippen LogP contribution in [0.3, 0.4) is 0 Å². The Labute approximate surface area is 151 Å². The molecule has 0 saturated carbocycles. The fraction of sp³-hybridized carbons (Fsp3) is 0.111. The molecule has 0 saturated heterocycles. The van der Waals surface area contributed by atoms with Gasteiger partial charge in [0.25, 0.3) is 0 Å². The molecule has 1 heterocycles. The Morgan fingerprint density at radius 1 is 1.04 bits per heavy atom. The number of sulfonamides is 1. The smallest absolute Gasteiger partial charge is 0.241 e. The predicted octanol–water partition coefficient (Wildman–Crippen LogP) is 2.16. The van der Waals surface area contributed by atoms with Gasteiger partial charge in [-0.05, 0) is 42.5 Å². The largest absolute Gasteiger partial charge is 0.497 e. The number of carbonyl (C=O) groups is 1. The minimum absolute atomic E-state index is 0.0509. The van der Waals surface area contributed by atoms with Crippen molar-refractivity contribution < 1.29 is 17.9 Å². The van der Waals surface area contributed by atoms with E-state index in [-0.39, 0.29) is 4.90 Å². The third kappa shape index (κ3) is 4.16. The maximum atomic E-state index is 12.2. The minimum atomic E-state index is -3.79. The van der Waals surface area contributed by atoms with Crippen molar-refractivity contribution >= 4 is 32.7 Å². The van der Waals surface area contributed by atoms with E-state index in [4.69, 9.17) is 4.74 Å². The average molecular weight is 371 g/mol. The summed E-state index contributed by atoms with van der Waals surface area (Å²) in [7, 11) is -2.30. The first kappa shape index (κ1) is 17.8. The first-order chi connectivity index (χ1) is 12.5. The number of amides is 1. The summed E-state index contributed by atoms with van der Waals surface area (Å²) in [6.07, 6.45) is 0. The van der Waals surface area contributed by atoms with E-state index in [1.165, 1.54) is 31.4 Å². The molecule has 134 valence electrons. The standard InChI is InChI=1S/C18H17N3O4S/c1-25-14-7-9-15(10-8-14)26(23,24)19-12-18(22)21-17-11-6-13-4-2-3-5-16(13)20-17/h2-11,19H,12H2,1H3,(H,20,21,22). The lowest BCUT2D eigenvalue weighted by molar-refractivity contribution is -0.115. The number of hydrogen-bond donors (Lipinski definition) is 2. The molecule has 2 aromatic carbocycles. The van der Waals surface area contributed by atoms with Crippen LogP contribution in [0.5, 0.6) is 5.75 Å². The van der Waals surface area contributed by atoms with Gasteiger partial charge in [0.2, 0.25) is 15.9 Å². The number of ether oxygens (including phenoxy) is 1. The molecule has 0 bridgehead atoms. The summed E-state index contributed by atoms with van der Waals surface area (Å²) in [5, 5.41) is 3.53. The van der Waals surface area contributed by atoms with Crippen LogP contribution < -0.4 is 14.8 Å². The van der Waals surface area contributed by atoms with Crippen molar-refractivity contribution in [3.05, 3.63) is 60.7 Å². The summed E-state index contributed by atoms with van der Waals surface area (Å²) in [6, 6.07) is 16.9. The fourth-order valence-corrected chi connectivity index (χ4v) is 3.30. The van der Waals surface area contributed by atoms with Crippen LogP contribution in [0.4, 0.5) is 5.82 Å². The molecule has 1 aromatic heterocycles. The molecule has 1 amide bonds. The first-order valence-corrected chi connectivity index (χ1v) is 9.25. The van der Waals surface area contributed by atoms with Crippen LogP contribution in [0.1, 0.15) is 0 Å². The maximum absolute atomic E-state index is 12.2. The molecule has 3 rings (SSSR count). The SMILES string of the molecule is COc1ccc(S(=O)(=O)NCC(=O)Nc2ccc3ccccc3n2)cc1. The van der Waals surface area contributed by atoms with E-state index < -0.39 is 22.5 Å². The van der Waals surface area contributed by atoms with Crippen molar-refractivity contribution in [2.45, 2.75) is 4.90 Å². The molecule has 0 aliphatic rings. The number of nitrogens with one attached hydrogen (secondary N) is 2. The average Bonchev–Trinajstić information content (AvgIpc) is 2.66. The summed E-state index contributed by atoms with van der Waals surface area (Å²) >= 11 is 0. The second-order valence-electron chi connectivity index (χ2n) is 5.44. The normalized spacial score (nSPS) is 11.3. The molecule has 0 unspecified atom stereocenters. The molecule has 0 spiro atoms. The number of rotatable bonds is 6. The topological polar surface area (TPSA) is 97.4 Å². The molecule has 2 N–H and O–H groups in total. The van der Waals surface area contributed by atoms with Gasteiger partial charge in [-0.25, -0.2) is 18.1 Å². The van der Waals surface area contributed by atoms with Gasteiger partial charge < -0.3 is 10.1 Å². The first-order valence-electron chi connectivity index (χ1n) is 7.77. The molecule has 0 radical (unpaired) electrons. The van der Waals surface area contributed by atoms with Crippen molar-refractivity contribution in [3.63, 3.8) is 0 Å². The molecule has 26 heavy (non-hydrogen) atoms. The summed E-state index contributed by atoms with van der Waals surface area (Å²) < 4.78 is 31.7. The lowest BCUT2D eigenvalue weighted by atomic mass is 10.2. The van der Waals surface area contributed by atoms with E-state index in [1.807, 2.05) is 30.3 Å². The lowest BCUT2D eigenvalue weighted by Gasteiger charge is -2.08. The van der Waals surface area contributed by atoms with E-state index in [0.29, 0.717) is 11.6 Å². The van der Waals surface area contributed by atoms with Gasteiger partial charge in [-0.1, -0.05) is 18.2 Å². The molecular weight excluding hydrogens is 354 g/mol. The molecule has 0 aliphatic heterocycles. The van der Waals surface area contributed by atoms with Gasteiger partial charge in [0.15, 0.2) is 0 Å². The van der Waals surface area contributed by atoms with Crippen LogP contribution in [0.25, 0.3) is 10.9 Å². The highest BCUT2D eigenvalue weighted by molar-refractivity contribution is 7.89. The van der Waals surface area contributed by atoms with Gasteiger partial charge in [-0.2, -0.15) is 0 Å². The van der Waals surface area contributed by atoms with Gasteiger partial charge in [0.05, 0.1) is 24.1 Å². The Kier molecular flexibility index (Phi) is 5.15. The van der Waals surface area contributed by atoms with Gasteiger partial charge in [-0.3, -0.25) is 4.79 Å². The third-order valence-corrected chi connectivity index (χ3v) is 5.08. The summed E-state index contributed by atoms with van der Waals surface area (Å²) in [5.41, 5.74) is 0.740. The van der Waals surface area contributed by atoms with Gasteiger partial charge in [0.1, 0.15) is 11.6 Å². The number of methoxy groups -OCH3 is 1. The van der Waals surface area contributed by atoms with Gasteiger partial charge >= 0.3 is 0 Å². The Bertz CT molecular complexity index is 1030. The van der Waals surface area contributed by atoms with Crippen LogP contribution in [-0.4, -0.2) is 33.0 Å².